The molecule has 3 rings (SSSR count). The van der Waals surface area contributed by atoms with Crippen molar-refractivity contribution in [1.82, 2.24) is 4.90 Å². The minimum absolute atomic E-state index is 0.165. The molecule has 0 radical (unpaired) electrons. The predicted molar refractivity (Wildman–Crippen MR) is 88.8 cm³/mol. The fourth-order valence-electron chi connectivity index (χ4n) is 2.98. The van der Waals surface area contributed by atoms with E-state index in [0.717, 1.165) is 0 Å². The number of aliphatic hydroxyl groups is 2. The zero-order valence-electron chi connectivity index (χ0n) is 13.1. The van der Waals surface area contributed by atoms with Crippen molar-refractivity contribution in [2.45, 2.75) is 6.10 Å². The van der Waals surface area contributed by atoms with Crippen molar-refractivity contribution in [3.63, 3.8) is 0 Å². The normalized spacial score (nSPS) is 20.2. The van der Waals surface area contributed by atoms with E-state index in [4.69, 9.17) is 0 Å². The van der Waals surface area contributed by atoms with Gasteiger partial charge < -0.3 is 15.1 Å². The summed E-state index contributed by atoms with van der Waals surface area (Å²) in [5.74, 6) is -0.853. The third-order valence-electron chi connectivity index (χ3n) is 4.37. The summed E-state index contributed by atoms with van der Waals surface area (Å²) >= 11 is 0. The fourth-order valence-corrected chi connectivity index (χ4v) is 2.98. The second-order valence-corrected chi connectivity index (χ2v) is 5.96. The second kappa shape index (κ2) is 6.95. The van der Waals surface area contributed by atoms with Crippen molar-refractivity contribution in [1.29, 1.82) is 0 Å². The van der Waals surface area contributed by atoms with Crippen LogP contribution in [0.3, 0.4) is 0 Å². The van der Waals surface area contributed by atoms with Gasteiger partial charge in [-0.2, -0.15) is 0 Å². The number of likely N-dealkylation sites (tertiary alicyclic amines) is 1. The Morgan fingerprint density at radius 1 is 0.958 bits per heavy atom. The van der Waals surface area contributed by atoms with Crippen molar-refractivity contribution in [2.75, 3.05) is 19.7 Å². The lowest BCUT2D eigenvalue weighted by Crippen LogP contribution is -2.31. The number of ketones is 1. The summed E-state index contributed by atoms with van der Waals surface area (Å²) < 4.78 is 0. The zero-order valence-corrected chi connectivity index (χ0v) is 13.1. The molecule has 1 aliphatic heterocycles. The Hall–Kier alpha value is -2.50. The second-order valence-electron chi connectivity index (χ2n) is 5.96. The number of amides is 1. The molecule has 1 fully saturated rings. The molecule has 0 aliphatic carbocycles. The van der Waals surface area contributed by atoms with Gasteiger partial charge in [0.2, 0.25) is 0 Å². The smallest absolute Gasteiger partial charge is 0.254 e. The van der Waals surface area contributed by atoms with Gasteiger partial charge in [0.25, 0.3) is 5.91 Å². The molecule has 2 aromatic rings. The monoisotopic (exact) mass is 325 g/mol. The lowest BCUT2D eigenvalue weighted by Gasteiger charge is -2.17. The molecule has 0 bridgehead atoms. The van der Waals surface area contributed by atoms with E-state index in [0.29, 0.717) is 16.7 Å². The summed E-state index contributed by atoms with van der Waals surface area (Å²) in [5, 5.41) is 19.1. The van der Waals surface area contributed by atoms with Crippen LogP contribution in [0.1, 0.15) is 26.3 Å². The average Bonchev–Trinajstić information content (AvgIpc) is 3.02. The molecule has 0 spiro atoms. The predicted octanol–water partition coefficient (Wildman–Crippen LogP) is 1.34. The van der Waals surface area contributed by atoms with Crippen LogP contribution in [0.2, 0.25) is 0 Å². The maximum Gasteiger partial charge on any atom is 0.254 e. The van der Waals surface area contributed by atoms with Crippen LogP contribution in [0, 0.1) is 5.92 Å². The van der Waals surface area contributed by atoms with Crippen LogP contribution in [-0.2, 0) is 0 Å². The van der Waals surface area contributed by atoms with Crippen LogP contribution in [0.15, 0.2) is 54.6 Å². The molecule has 1 amide bonds. The quantitative estimate of drug-likeness (QED) is 0.832. The first-order valence-corrected chi connectivity index (χ1v) is 7.88. The number of carbonyl (C=O) groups is 2. The van der Waals surface area contributed by atoms with E-state index >= 15 is 0 Å². The van der Waals surface area contributed by atoms with Crippen molar-refractivity contribution < 1.29 is 19.8 Å². The maximum absolute atomic E-state index is 12.8. The van der Waals surface area contributed by atoms with E-state index in [9.17, 15) is 19.8 Å². The lowest BCUT2D eigenvalue weighted by atomic mass is 9.97. The van der Waals surface area contributed by atoms with E-state index in [1.54, 1.807) is 48.5 Å². The van der Waals surface area contributed by atoms with E-state index in [2.05, 4.69) is 0 Å². The number of hydrogen-bond acceptors (Lipinski definition) is 4. The Balaban J connectivity index is 1.90. The van der Waals surface area contributed by atoms with E-state index in [-0.39, 0.29) is 37.3 Å². The number of hydrogen-bond donors (Lipinski definition) is 2. The molecule has 5 nitrogen and oxygen atoms in total. The number of β-amino-alcohol motifs (C(OH)–C–C–N with tert-alkyl or cyclic N) is 1. The number of carbonyl (C=O) groups excluding carboxylic acids is 2. The van der Waals surface area contributed by atoms with Gasteiger partial charge in [-0.1, -0.05) is 48.5 Å². The molecule has 1 heterocycles. The number of benzene rings is 2. The summed E-state index contributed by atoms with van der Waals surface area (Å²) in [6.07, 6.45) is -0.740. The summed E-state index contributed by atoms with van der Waals surface area (Å²) in [5.41, 5.74) is 1.18. The number of aliphatic hydroxyl groups excluding tert-OH is 2. The molecule has 2 aromatic carbocycles. The van der Waals surface area contributed by atoms with Gasteiger partial charge in [0.05, 0.1) is 18.3 Å². The molecule has 0 aromatic heterocycles. The van der Waals surface area contributed by atoms with Gasteiger partial charge >= 0.3 is 0 Å². The molecule has 2 atom stereocenters. The summed E-state index contributed by atoms with van der Waals surface area (Å²) in [4.78, 5) is 27.0. The van der Waals surface area contributed by atoms with Crippen molar-refractivity contribution in [2.24, 2.45) is 5.92 Å². The van der Waals surface area contributed by atoms with Gasteiger partial charge in [-0.25, -0.2) is 0 Å². The van der Waals surface area contributed by atoms with Crippen molar-refractivity contribution >= 4 is 11.7 Å². The van der Waals surface area contributed by atoms with Crippen molar-refractivity contribution in [3.05, 3.63) is 71.3 Å². The average molecular weight is 325 g/mol. The minimum atomic E-state index is -0.740. The highest BCUT2D eigenvalue weighted by Gasteiger charge is 2.34. The molecule has 5 heteroatoms. The standard InChI is InChI=1S/C19H19NO4/c21-12-14-10-20(11-17(14)22)19(24)16-9-5-4-8-15(16)18(23)13-6-2-1-3-7-13/h1-9,14,17,21-22H,10-12H2/t14-,17-/m0/s1. The van der Waals surface area contributed by atoms with Gasteiger partial charge in [-0.05, 0) is 6.07 Å². The first kappa shape index (κ1) is 16.4. The Morgan fingerprint density at radius 2 is 1.58 bits per heavy atom. The molecular formula is C19H19NO4. The SMILES string of the molecule is O=C(c1ccccc1)c1ccccc1C(=O)N1C[C@@H](CO)[C@@H](O)C1. The van der Waals surface area contributed by atoms with Gasteiger partial charge in [0, 0.05) is 30.1 Å². The third kappa shape index (κ3) is 3.09. The molecule has 1 saturated heterocycles. The van der Waals surface area contributed by atoms with Gasteiger partial charge in [0.15, 0.2) is 5.78 Å². The molecule has 24 heavy (non-hydrogen) atoms. The summed E-state index contributed by atoms with van der Waals surface area (Å²) in [6.45, 7) is 0.276. The van der Waals surface area contributed by atoms with Crippen LogP contribution in [0.4, 0.5) is 0 Å². The van der Waals surface area contributed by atoms with Gasteiger partial charge in [0.1, 0.15) is 0 Å². The molecule has 0 saturated carbocycles. The molecule has 1 aliphatic rings. The summed E-state index contributed by atoms with van der Waals surface area (Å²) in [7, 11) is 0. The van der Waals surface area contributed by atoms with Crippen LogP contribution in [0.5, 0.6) is 0 Å². The fraction of sp³-hybridized carbons (Fsp3) is 0.263. The Morgan fingerprint density at radius 3 is 2.21 bits per heavy atom. The van der Waals surface area contributed by atoms with E-state index in [1.807, 2.05) is 6.07 Å². The van der Waals surface area contributed by atoms with Crippen LogP contribution in [-0.4, -0.2) is 52.6 Å². The highest BCUT2D eigenvalue weighted by atomic mass is 16.3. The highest BCUT2D eigenvalue weighted by molar-refractivity contribution is 6.15. The lowest BCUT2D eigenvalue weighted by molar-refractivity contribution is 0.0759. The summed E-state index contributed by atoms with van der Waals surface area (Å²) in [6, 6.07) is 15.5. The maximum atomic E-state index is 12.8. The molecule has 2 N–H and O–H groups in total. The Kier molecular flexibility index (Phi) is 4.74. The molecule has 124 valence electrons. The van der Waals surface area contributed by atoms with Gasteiger partial charge in [-0.3, -0.25) is 9.59 Å². The Labute approximate surface area is 140 Å². The van der Waals surface area contributed by atoms with Gasteiger partial charge in [-0.15, -0.1) is 0 Å². The van der Waals surface area contributed by atoms with E-state index < -0.39 is 6.10 Å². The van der Waals surface area contributed by atoms with E-state index in [1.165, 1.54) is 4.90 Å². The highest BCUT2D eigenvalue weighted by Crippen LogP contribution is 2.22. The largest absolute Gasteiger partial charge is 0.396 e. The zero-order chi connectivity index (χ0) is 17.1. The van der Waals surface area contributed by atoms with Crippen LogP contribution in [0.25, 0.3) is 0 Å². The third-order valence-corrected chi connectivity index (χ3v) is 4.37. The first-order valence-electron chi connectivity index (χ1n) is 7.88. The Bertz CT molecular complexity index is 744. The number of nitrogens with zero attached hydrogens (tertiary/aromatic N) is 1. The molecule has 0 unspecified atom stereocenters. The van der Waals surface area contributed by atoms with Crippen LogP contribution >= 0.6 is 0 Å². The number of rotatable bonds is 4. The molecular weight excluding hydrogens is 306 g/mol. The topological polar surface area (TPSA) is 77.8 Å². The van der Waals surface area contributed by atoms with Crippen molar-refractivity contribution in [3.8, 4) is 0 Å². The first-order chi connectivity index (χ1) is 11.6. The van der Waals surface area contributed by atoms with Crippen LogP contribution < -0.4 is 0 Å². The minimum Gasteiger partial charge on any atom is -0.396 e.